The minimum atomic E-state index is 0.566. The van der Waals surface area contributed by atoms with E-state index in [0.29, 0.717) is 11.4 Å². The fraction of sp³-hybridized carbons (Fsp3) is 0.462. The number of nitrogens with one attached hydrogen (secondary N) is 1. The average molecular weight is 228 g/mol. The SMILES string of the molecule is C#CCCCCNc1nnc(C)c(C)c1C#N. The van der Waals surface area contributed by atoms with Gasteiger partial charge in [-0.15, -0.1) is 17.4 Å². The van der Waals surface area contributed by atoms with Gasteiger partial charge in [0.25, 0.3) is 0 Å². The molecule has 0 unspecified atom stereocenters. The van der Waals surface area contributed by atoms with Crippen LogP contribution >= 0.6 is 0 Å². The Hall–Kier alpha value is -2.07. The Morgan fingerprint density at radius 3 is 2.71 bits per heavy atom. The third kappa shape index (κ3) is 3.46. The lowest BCUT2D eigenvalue weighted by Gasteiger charge is -2.08. The van der Waals surface area contributed by atoms with E-state index >= 15 is 0 Å². The Labute approximate surface area is 102 Å². The van der Waals surface area contributed by atoms with Crippen LogP contribution in [-0.4, -0.2) is 16.7 Å². The number of aryl methyl sites for hydroxylation is 1. The fourth-order valence-corrected chi connectivity index (χ4v) is 1.43. The Kier molecular flexibility index (Phi) is 4.97. The first-order valence-electron chi connectivity index (χ1n) is 5.62. The van der Waals surface area contributed by atoms with Crippen LogP contribution < -0.4 is 5.32 Å². The van der Waals surface area contributed by atoms with Crippen molar-refractivity contribution in [3.05, 3.63) is 16.8 Å². The molecule has 0 bridgehead atoms. The smallest absolute Gasteiger partial charge is 0.166 e. The molecule has 1 N–H and O–H groups in total. The van der Waals surface area contributed by atoms with Crippen molar-refractivity contribution in [2.45, 2.75) is 33.1 Å². The van der Waals surface area contributed by atoms with Gasteiger partial charge in [-0.1, -0.05) is 0 Å². The number of unbranched alkanes of at least 4 members (excludes halogenated alkanes) is 2. The molecule has 4 heteroatoms. The molecule has 1 heterocycles. The molecular formula is C13H16N4. The molecule has 88 valence electrons. The van der Waals surface area contributed by atoms with Crippen LogP contribution in [0.5, 0.6) is 0 Å². The highest BCUT2D eigenvalue weighted by molar-refractivity contribution is 5.55. The molecule has 0 saturated carbocycles. The number of hydrogen-bond acceptors (Lipinski definition) is 4. The zero-order chi connectivity index (χ0) is 12.7. The van der Waals surface area contributed by atoms with E-state index in [1.54, 1.807) is 0 Å². The third-order valence-electron chi connectivity index (χ3n) is 2.61. The molecule has 1 aromatic heterocycles. The maximum absolute atomic E-state index is 9.08. The summed E-state index contributed by atoms with van der Waals surface area (Å²) in [5.41, 5.74) is 2.25. The minimum absolute atomic E-state index is 0.566. The second-order valence-electron chi connectivity index (χ2n) is 3.83. The van der Waals surface area contributed by atoms with Crippen LogP contribution in [0.2, 0.25) is 0 Å². The van der Waals surface area contributed by atoms with E-state index in [-0.39, 0.29) is 0 Å². The predicted molar refractivity (Wildman–Crippen MR) is 67.4 cm³/mol. The van der Waals surface area contributed by atoms with E-state index in [1.165, 1.54) is 0 Å². The fourth-order valence-electron chi connectivity index (χ4n) is 1.43. The summed E-state index contributed by atoms with van der Waals surface area (Å²) in [7, 11) is 0. The van der Waals surface area contributed by atoms with Crippen LogP contribution in [-0.2, 0) is 0 Å². The van der Waals surface area contributed by atoms with Crippen LogP contribution in [0.3, 0.4) is 0 Å². The molecule has 1 rings (SSSR count). The first-order chi connectivity index (χ1) is 8.20. The number of anilines is 1. The van der Waals surface area contributed by atoms with Crippen molar-refractivity contribution >= 4 is 5.82 Å². The topological polar surface area (TPSA) is 61.6 Å². The Balaban J connectivity index is 2.64. The van der Waals surface area contributed by atoms with Crippen LogP contribution in [0.1, 0.15) is 36.1 Å². The van der Waals surface area contributed by atoms with Crippen molar-refractivity contribution in [1.82, 2.24) is 10.2 Å². The van der Waals surface area contributed by atoms with E-state index in [0.717, 1.165) is 37.1 Å². The second kappa shape index (κ2) is 6.50. The van der Waals surface area contributed by atoms with E-state index in [2.05, 4.69) is 27.5 Å². The number of rotatable bonds is 5. The molecular weight excluding hydrogens is 212 g/mol. The predicted octanol–water partition coefficient (Wildman–Crippen LogP) is 2.18. The van der Waals surface area contributed by atoms with Crippen molar-refractivity contribution in [1.29, 1.82) is 5.26 Å². The van der Waals surface area contributed by atoms with Gasteiger partial charge in [0.15, 0.2) is 5.82 Å². The van der Waals surface area contributed by atoms with Crippen molar-refractivity contribution in [3.8, 4) is 18.4 Å². The van der Waals surface area contributed by atoms with Crippen LogP contribution in [0.15, 0.2) is 0 Å². The lowest BCUT2D eigenvalue weighted by Crippen LogP contribution is -2.08. The van der Waals surface area contributed by atoms with E-state index < -0.39 is 0 Å². The monoisotopic (exact) mass is 228 g/mol. The molecule has 0 aliphatic carbocycles. The average Bonchev–Trinajstić information content (AvgIpc) is 2.33. The van der Waals surface area contributed by atoms with Crippen molar-refractivity contribution in [3.63, 3.8) is 0 Å². The van der Waals surface area contributed by atoms with Gasteiger partial charge in [-0.2, -0.15) is 10.4 Å². The van der Waals surface area contributed by atoms with Gasteiger partial charge in [0.1, 0.15) is 11.6 Å². The quantitative estimate of drug-likeness (QED) is 0.619. The minimum Gasteiger partial charge on any atom is -0.367 e. The van der Waals surface area contributed by atoms with Gasteiger partial charge >= 0.3 is 0 Å². The zero-order valence-electron chi connectivity index (χ0n) is 10.2. The standard InChI is InChI=1S/C13H16N4/c1-4-5-6-7-8-15-13-12(9-14)10(2)11(3)16-17-13/h1H,5-8H2,2-3H3,(H,15,17). The molecule has 1 aromatic rings. The molecule has 0 radical (unpaired) electrons. The Bertz CT molecular complexity index is 466. The summed E-state index contributed by atoms with van der Waals surface area (Å²) in [6, 6.07) is 2.16. The normalized spacial score (nSPS) is 9.41. The number of terminal acetylenes is 1. The third-order valence-corrected chi connectivity index (χ3v) is 2.61. The number of hydrogen-bond donors (Lipinski definition) is 1. The highest BCUT2D eigenvalue weighted by atomic mass is 15.2. The number of nitrogens with zero attached hydrogens (tertiary/aromatic N) is 3. The summed E-state index contributed by atoms with van der Waals surface area (Å²) < 4.78 is 0. The molecule has 0 aromatic carbocycles. The van der Waals surface area contributed by atoms with Crippen LogP contribution in [0.25, 0.3) is 0 Å². The van der Waals surface area contributed by atoms with Gasteiger partial charge in [0.05, 0.1) is 5.69 Å². The molecule has 0 fully saturated rings. The second-order valence-corrected chi connectivity index (χ2v) is 3.83. The summed E-state index contributed by atoms with van der Waals surface area (Å²) in [4.78, 5) is 0. The van der Waals surface area contributed by atoms with Gasteiger partial charge in [-0.3, -0.25) is 0 Å². The van der Waals surface area contributed by atoms with Gasteiger partial charge < -0.3 is 5.32 Å². The van der Waals surface area contributed by atoms with Gasteiger partial charge in [0.2, 0.25) is 0 Å². The summed E-state index contributed by atoms with van der Waals surface area (Å²) in [6.45, 7) is 4.49. The molecule has 0 spiro atoms. The van der Waals surface area contributed by atoms with Crippen molar-refractivity contribution in [2.24, 2.45) is 0 Å². The van der Waals surface area contributed by atoms with Gasteiger partial charge in [-0.25, -0.2) is 0 Å². The molecule has 0 amide bonds. The highest BCUT2D eigenvalue weighted by Gasteiger charge is 2.09. The summed E-state index contributed by atoms with van der Waals surface area (Å²) in [5, 5.41) is 20.2. The van der Waals surface area contributed by atoms with Gasteiger partial charge in [0, 0.05) is 13.0 Å². The van der Waals surface area contributed by atoms with E-state index in [4.69, 9.17) is 11.7 Å². The van der Waals surface area contributed by atoms with Crippen LogP contribution in [0, 0.1) is 37.5 Å². The molecule has 17 heavy (non-hydrogen) atoms. The maximum Gasteiger partial charge on any atom is 0.166 e. The molecule has 0 saturated heterocycles. The zero-order valence-corrected chi connectivity index (χ0v) is 10.2. The molecule has 4 nitrogen and oxygen atoms in total. The Morgan fingerprint density at radius 2 is 2.06 bits per heavy atom. The summed E-state index contributed by atoms with van der Waals surface area (Å²) in [6.07, 6.45) is 7.89. The Morgan fingerprint density at radius 1 is 1.29 bits per heavy atom. The lowest BCUT2D eigenvalue weighted by molar-refractivity contribution is 0.783. The molecule has 0 aliphatic heterocycles. The van der Waals surface area contributed by atoms with E-state index in [9.17, 15) is 0 Å². The van der Waals surface area contributed by atoms with Crippen molar-refractivity contribution in [2.75, 3.05) is 11.9 Å². The van der Waals surface area contributed by atoms with Crippen molar-refractivity contribution < 1.29 is 0 Å². The molecule has 0 atom stereocenters. The maximum atomic E-state index is 9.08. The first kappa shape index (κ1) is 13.0. The lowest BCUT2D eigenvalue weighted by atomic mass is 10.1. The molecule has 0 aliphatic rings. The van der Waals surface area contributed by atoms with Crippen LogP contribution in [0.4, 0.5) is 5.82 Å². The highest BCUT2D eigenvalue weighted by Crippen LogP contribution is 2.16. The van der Waals surface area contributed by atoms with E-state index in [1.807, 2.05) is 13.8 Å². The number of aromatic nitrogens is 2. The first-order valence-corrected chi connectivity index (χ1v) is 5.62. The van der Waals surface area contributed by atoms with Gasteiger partial charge in [-0.05, 0) is 32.3 Å². The summed E-state index contributed by atoms with van der Waals surface area (Å²) >= 11 is 0. The number of nitriles is 1. The summed E-state index contributed by atoms with van der Waals surface area (Å²) in [5.74, 6) is 3.16. The largest absolute Gasteiger partial charge is 0.367 e.